The van der Waals surface area contributed by atoms with Gasteiger partial charge in [0.05, 0.1) is 7.11 Å². The van der Waals surface area contributed by atoms with Crippen LogP contribution in [0.3, 0.4) is 0 Å². The average Bonchev–Trinajstić information content (AvgIpc) is 2.42. The molecule has 0 fully saturated rings. The summed E-state index contributed by atoms with van der Waals surface area (Å²) in [6.45, 7) is 2.99. The first-order valence-electron chi connectivity index (χ1n) is 6.73. The number of para-hydroxylation sites is 1. The minimum Gasteiger partial charge on any atom is -0.496 e. The molecule has 1 aromatic rings. The van der Waals surface area contributed by atoms with Crippen molar-refractivity contribution < 1.29 is 14.6 Å². The zero-order valence-electron chi connectivity index (χ0n) is 11.7. The lowest BCUT2D eigenvalue weighted by Crippen LogP contribution is -2.20. The quantitative estimate of drug-likeness (QED) is 0.674. The van der Waals surface area contributed by atoms with Gasteiger partial charge in [-0.25, -0.2) is 0 Å². The van der Waals surface area contributed by atoms with Crippen molar-refractivity contribution in [3.8, 4) is 5.75 Å². The maximum atomic E-state index is 10.4. The van der Waals surface area contributed by atoms with E-state index in [-0.39, 0.29) is 12.5 Å². The summed E-state index contributed by atoms with van der Waals surface area (Å²) >= 11 is 0. The molecule has 0 unspecified atom stereocenters. The zero-order valence-corrected chi connectivity index (χ0v) is 11.7. The van der Waals surface area contributed by atoms with Crippen LogP contribution in [0.4, 0.5) is 0 Å². The number of rotatable bonds is 9. The summed E-state index contributed by atoms with van der Waals surface area (Å²) in [6, 6.07) is 8.21. The number of methoxy groups -OCH3 is 1. The Hall–Kier alpha value is -1.55. The topological polar surface area (TPSA) is 58.6 Å². The molecule has 0 aromatic heterocycles. The van der Waals surface area contributed by atoms with Crippen molar-refractivity contribution >= 4 is 5.97 Å². The van der Waals surface area contributed by atoms with E-state index >= 15 is 0 Å². The fraction of sp³-hybridized carbons (Fsp3) is 0.533. The number of carboxylic acid groups (broad SMARTS) is 1. The highest BCUT2D eigenvalue weighted by Gasteiger charge is 2.09. The van der Waals surface area contributed by atoms with Crippen molar-refractivity contribution in [2.45, 2.75) is 38.6 Å². The van der Waals surface area contributed by atoms with E-state index in [1.54, 1.807) is 7.11 Å². The van der Waals surface area contributed by atoms with Gasteiger partial charge in [0.1, 0.15) is 5.75 Å². The molecular weight excluding hydrogens is 242 g/mol. The molecule has 0 radical (unpaired) electrons. The lowest BCUT2D eigenvalue weighted by Gasteiger charge is -2.17. The first-order valence-corrected chi connectivity index (χ1v) is 6.73. The number of hydrogen-bond donors (Lipinski definition) is 2. The van der Waals surface area contributed by atoms with Gasteiger partial charge >= 0.3 is 5.97 Å². The van der Waals surface area contributed by atoms with Gasteiger partial charge < -0.3 is 15.2 Å². The van der Waals surface area contributed by atoms with Gasteiger partial charge in [-0.1, -0.05) is 24.6 Å². The Morgan fingerprint density at radius 2 is 2.05 bits per heavy atom. The minimum atomic E-state index is -0.713. The standard InChI is InChI=1S/C15H23NO3/c1-12(13-8-5-6-9-14(13)19-2)16-11-7-3-4-10-15(17)18/h5-6,8-9,12,16H,3-4,7,10-11H2,1-2H3,(H,17,18)/t12-/m1/s1. The highest BCUT2D eigenvalue weighted by atomic mass is 16.5. The van der Waals surface area contributed by atoms with Gasteiger partial charge in [-0.2, -0.15) is 0 Å². The predicted octanol–water partition coefficient (Wildman–Crippen LogP) is 2.99. The number of nitrogens with one attached hydrogen (secondary N) is 1. The molecule has 0 spiro atoms. The molecular formula is C15H23NO3. The number of hydrogen-bond acceptors (Lipinski definition) is 3. The maximum Gasteiger partial charge on any atom is 0.303 e. The van der Waals surface area contributed by atoms with Crippen molar-refractivity contribution in [1.82, 2.24) is 5.32 Å². The fourth-order valence-corrected chi connectivity index (χ4v) is 2.03. The van der Waals surface area contributed by atoms with Gasteiger partial charge in [-0.3, -0.25) is 4.79 Å². The van der Waals surface area contributed by atoms with Gasteiger partial charge in [0, 0.05) is 18.0 Å². The van der Waals surface area contributed by atoms with E-state index in [1.807, 2.05) is 18.2 Å². The molecule has 0 amide bonds. The highest BCUT2D eigenvalue weighted by Crippen LogP contribution is 2.24. The maximum absolute atomic E-state index is 10.4. The number of unbranched alkanes of at least 4 members (excludes halogenated alkanes) is 2. The van der Waals surface area contributed by atoms with Crippen LogP contribution < -0.4 is 10.1 Å². The van der Waals surface area contributed by atoms with Crippen LogP contribution in [-0.4, -0.2) is 24.7 Å². The molecule has 4 nitrogen and oxygen atoms in total. The molecule has 106 valence electrons. The number of carboxylic acids is 1. The molecule has 1 aromatic carbocycles. The second-order valence-corrected chi connectivity index (χ2v) is 4.62. The van der Waals surface area contributed by atoms with E-state index in [0.717, 1.165) is 37.1 Å². The van der Waals surface area contributed by atoms with Crippen LogP contribution in [0.5, 0.6) is 5.75 Å². The second-order valence-electron chi connectivity index (χ2n) is 4.62. The van der Waals surface area contributed by atoms with Crippen LogP contribution in [0.15, 0.2) is 24.3 Å². The Labute approximate surface area is 114 Å². The molecule has 0 heterocycles. The Bertz CT molecular complexity index is 393. The van der Waals surface area contributed by atoms with E-state index in [1.165, 1.54) is 0 Å². The Morgan fingerprint density at radius 3 is 2.74 bits per heavy atom. The largest absolute Gasteiger partial charge is 0.496 e. The van der Waals surface area contributed by atoms with E-state index in [9.17, 15) is 4.79 Å². The lowest BCUT2D eigenvalue weighted by molar-refractivity contribution is -0.137. The van der Waals surface area contributed by atoms with Crippen LogP contribution in [-0.2, 0) is 4.79 Å². The third-order valence-corrected chi connectivity index (χ3v) is 3.12. The third kappa shape index (κ3) is 5.75. The van der Waals surface area contributed by atoms with E-state index in [2.05, 4.69) is 18.3 Å². The van der Waals surface area contributed by atoms with Gasteiger partial charge in [0.25, 0.3) is 0 Å². The van der Waals surface area contributed by atoms with E-state index < -0.39 is 5.97 Å². The molecule has 0 aliphatic heterocycles. The summed E-state index contributed by atoms with van der Waals surface area (Å²) in [5.41, 5.74) is 1.15. The van der Waals surface area contributed by atoms with Crippen LogP contribution in [0, 0.1) is 0 Å². The van der Waals surface area contributed by atoms with Crippen molar-refractivity contribution in [2.24, 2.45) is 0 Å². The van der Waals surface area contributed by atoms with E-state index in [0.29, 0.717) is 0 Å². The van der Waals surface area contributed by atoms with Gasteiger partial charge in [-0.05, 0) is 32.4 Å². The van der Waals surface area contributed by atoms with Gasteiger partial charge in [0.15, 0.2) is 0 Å². The number of aliphatic carboxylic acids is 1. The molecule has 0 bridgehead atoms. The normalized spacial score (nSPS) is 12.1. The summed E-state index contributed by atoms with van der Waals surface area (Å²) in [6.07, 6.45) is 2.95. The molecule has 1 rings (SSSR count). The summed E-state index contributed by atoms with van der Waals surface area (Å²) < 4.78 is 5.33. The van der Waals surface area contributed by atoms with Crippen LogP contribution in [0.1, 0.15) is 44.2 Å². The summed E-state index contributed by atoms with van der Waals surface area (Å²) in [4.78, 5) is 10.4. The molecule has 0 saturated heterocycles. The SMILES string of the molecule is COc1ccccc1[C@@H](C)NCCCCCC(=O)O. The van der Waals surface area contributed by atoms with Gasteiger partial charge in [-0.15, -0.1) is 0 Å². The Balaban J connectivity index is 2.27. The average molecular weight is 265 g/mol. The Kier molecular flexibility index (Phi) is 6.97. The van der Waals surface area contributed by atoms with Crippen molar-refractivity contribution in [2.75, 3.05) is 13.7 Å². The number of ether oxygens (including phenoxy) is 1. The van der Waals surface area contributed by atoms with E-state index in [4.69, 9.17) is 9.84 Å². The van der Waals surface area contributed by atoms with Crippen LogP contribution in [0.25, 0.3) is 0 Å². The Morgan fingerprint density at radius 1 is 1.32 bits per heavy atom. The molecule has 2 N–H and O–H groups in total. The third-order valence-electron chi connectivity index (χ3n) is 3.12. The molecule has 4 heteroatoms. The van der Waals surface area contributed by atoms with Crippen LogP contribution in [0.2, 0.25) is 0 Å². The minimum absolute atomic E-state index is 0.232. The lowest BCUT2D eigenvalue weighted by atomic mass is 10.1. The first-order chi connectivity index (χ1) is 9.15. The second kappa shape index (κ2) is 8.53. The van der Waals surface area contributed by atoms with Crippen molar-refractivity contribution in [3.05, 3.63) is 29.8 Å². The van der Waals surface area contributed by atoms with Crippen LogP contribution >= 0.6 is 0 Å². The molecule has 19 heavy (non-hydrogen) atoms. The fourth-order valence-electron chi connectivity index (χ4n) is 2.03. The summed E-state index contributed by atoms with van der Waals surface area (Å²) in [7, 11) is 1.68. The smallest absolute Gasteiger partial charge is 0.303 e. The van der Waals surface area contributed by atoms with Crippen molar-refractivity contribution in [1.29, 1.82) is 0 Å². The monoisotopic (exact) mass is 265 g/mol. The van der Waals surface area contributed by atoms with Gasteiger partial charge in [0.2, 0.25) is 0 Å². The summed E-state index contributed by atoms with van der Waals surface area (Å²) in [5.74, 6) is 0.184. The molecule has 1 atom stereocenters. The molecule has 0 aliphatic carbocycles. The zero-order chi connectivity index (χ0) is 14.1. The first kappa shape index (κ1) is 15.5. The number of carbonyl (C=O) groups is 1. The summed E-state index contributed by atoms with van der Waals surface area (Å²) in [5, 5.41) is 12.0. The molecule has 0 aliphatic rings. The predicted molar refractivity (Wildman–Crippen MR) is 75.5 cm³/mol. The highest BCUT2D eigenvalue weighted by molar-refractivity contribution is 5.66. The number of benzene rings is 1. The molecule has 0 saturated carbocycles. The van der Waals surface area contributed by atoms with Crippen molar-refractivity contribution in [3.63, 3.8) is 0 Å².